The summed E-state index contributed by atoms with van der Waals surface area (Å²) in [4.78, 5) is 2.49. The summed E-state index contributed by atoms with van der Waals surface area (Å²) in [6.45, 7) is 6.81. The van der Waals surface area contributed by atoms with Crippen LogP contribution in [-0.2, 0) is 10.8 Å². The third-order valence-electron chi connectivity index (χ3n) is 14.9. The molecule has 0 unspecified atom stereocenters. The Morgan fingerprint density at radius 3 is 1.65 bits per heavy atom. The van der Waals surface area contributed by atoms with Crippen LogP contribution in [0.5, 0.6) is 0 Å². The van der Waals surface area contributed by atoms with E-state index in [9.17, 15) is 0 Å². The van der Waals surface area contributed by atoms with Crippen LogP contribution in [0.25, 0.3) is 77.2 Å². The number of hydrogen-bond acceptors (Lipinski definition) is 2. The van der Waals surface area contributed by atoms with Gasteiger partial charge in [0.25, 0.3) is 0 Å². The molecule has 1 aromatic heterocycles. The van der Waals surface area contributed by atoms with Gasteiger partial charge in [0.2, 0.25) is 0 Å². The van der Waals surface area contributed by atoms with Crippen molar-refractivity contribution in [2.45, 2.75) is 31.6 Å². The molecule has 338 valence electrons. The van der Waals surface area contributed by atoms with E-state index in [4.69, 9.17) is 4.42 Å². The lowest BCUT2D eigenvalue weighted by Crippen LogP contribution is -2.28. The molecule has 1 aliphatic carbocycles. The molecule has 0 saturated heterocycles. The molecule has 71 heavy (non-hydrogen) atoms. The predicted molar refractivity (Wildman–Crippen MR) is 298 cm³/mol. The summed E-state index contributed by atoms with van der Waals surface area (Å²) in [6, 6.07) is 93.8. The Bertz CT molecular complexity index is 3910. The quantitative estimate of drug-likeness (QED) is 0.151. The predicted octanol–water partition coefficient (Wildman–Crippen LogP) is 18.9. The third kappa shape index (κ3) is 6.85. The van der Waals surface area contributed by atoms with Gasteiger partial charge in [-0.3, -0.25) is 0 Å². The zero-order valence-corrected chi connectivity index (χ0v) is 40.1. The Balaban J connectivity index is 1.07. The number of nitrogens with zero attached hydrogens (tertiary/aromatic N) is 1. The van der Waals surface area contributed by atoms with Crippen molar-refractivity contribution in [2.75, 3.05) is 4.90 Å². The number of benzene rings is 11. The first kappa shape index (κ1) is 42.4. The molecule has 0 bridgehead atoms. The van der Waals surface area contributed by atoms with Crippen LogP contribution < -0.4 is 4.90 Å². The molecule has 1 aliphatic rings. The molecule has 11 aromatic carbocycles. The summed E-state index contributed by atoms with van der Waals surface area (Å²) in [5.74, 6) is 0. The zero-order valence-electron chi connectivity index (χ0n) is 40.1. The molecule has 0 N–H and O–H groups in total. The summed E-state index contributed by atoms with van der Waals surface area (Å²) in [5, 5.41) is 4.60. The van der Waals surface area contributed by atoms with Crippen molar-refractivity contribution in [2.24, 2.45) is 0 Å². The van der Waals surface area contributed by atoms with Crippen LogP contribution in [0.2, 0.25) is 0 Å². The second kappa shape index (κ2) is 16.8. The van der Waals surface area contributed by atoms with Crippen molar-refractivity contribution in [1.29, 1.82) is 0 Å². The Hall–Kier alpha value is -8.72. The second-order valence-electron chi connectivity index (χ2n) is 20.0. The van der Waals surface area contributed by atoms with E-state index in [1.165, 1.54) is 60.8 Å². The van der Waals surface area contributed by atoms with E-state index in [0.717, 1.165) is 61.3 Å². The van der Waals surface area contributed by atoms with E-state index in [1.54, 1.807) is 0 Å². The molecular formula is C69H51NO. The van der Waals surface area contributed by atoms with Crippen LogP contribution in [-0.4, -0.2) is 0 Å². The number of hydrogen-bond donors (Lipinski definition) is 0. The first-order valence-electron chi connectivity index (χ1n) is 24.7. The van der Waals surface area contributed by atoms with Gasteiger partial charge in [-0.05, 0) is 125 Å². The molecule has 13 rings (SSSR count). The first-order valence-corrected chi connectivity index (χ1v) is 24.7. The molecule has 0 saturated carbocycles. The molecule has 0 aliphatic heterocycles. The summed E-state index contributed by atoms with van der Waals surface area (Å²) in [6.07, 6.45) is 0. The molecular weight excluding hydrogens is 859 g/mol. The fourth-order valence-corrected chi connectivity index (χ4v) is 11.6. The minimum absolute atomic E-state index is 0.0795. The summed E-state index contributed by atoms with van der Waals surface area (Å²) >= 11 is 0. The van der Waals surface area contributed by atoms with Gasteiger partial charge in [0.1, 0.15) is 11.2 Å². The Kier molecular flexibility index (Phi) is 10.0. The van der Waals surface area contributed by atoms with Crippen molar-refractivity contribution >= 4 is 49.8 Å². The number of anilines is 3. The summed E-state index contributed by atoms with van der Waals surface area (Å²) < 4.78 is 6.49. The smallest absolute Gasteiger partial charge is 0.136 e. The molecule has 0 radical (unpaired) electrons. The van der Waals surface area contributed by atoms with E-state index in [1.807, 2.05) is 6.07 Å². The largest absolute Gasteiger partial charge is 0.456 e. The summed E-state index contributed by atoms with van der Waals surface area (Å²) in [5.41, 5.74) is 20.4. The number of fused-ring (bicyclic) bond motifs is 7. The topological polar surface area (TPSA) is 16.4 Å². The lowest BCUT2D eigenvalue weighted by Gasteiger charge is -2.34. The maximum Gasteiger partial charge on any atom is 0.136 e. The van der Waals surface area contributed by atoms with E-state index < -0.39 is 5.41 Å². The Labute approximate surface area is 415 Å². The van der Waals surface area contributed by atoms with Crippen molar-refractivity contribution in [3.8, 4) is 44.5 Å². The molecule has 0 fully saturated rings. The van der Waals surface area contributed by atoms with Crippen molar-refractivity contribution < 1.29 is 4.42 Å². The highest BCUT2D eigenvalue weighted by atomic mass is 16.3. The van der Waals surface area contributed by atoms with Crippen LogP contribution in [0, 0.1) is 0 Å². The van der Waals surface area contributed by atoms with Gasteiger partial charge < -0.3 is 9.32 Å². The maximum absolute atomic E-state index is 6.49. The Morgan fingerprint density at radius 2 is 0.930 bits per heavy atom. The van der Waals surface area contributed by atoms with Crippen molar-refractivity contribution in [3.63, 3.8) is 0 Å². The number of para-hydroxylation sites is 1. The average Bonchev–Trinajstić information content (AvgIpc) is 3.96. The lowest BCUT2D eigenvalue weighted by atomic mass is 9.68. The van der Waals surface area contributed by atoms with E-state index in [2.05, 4.69) is 274 Å². The van der Waals surface area contributed by atoms with Crippen LogP contribution in [0.15, 0.2) is 259 Å². The van der Waals surface area contributed by atoms with E-state index in [0.29, 0.717) is 0 Å². The van der Waals surface area contributed by atoms with Gasteiger partial charge in [-0.25, -0.2) is 0 Å². The normalized spacial score (nSPS) is 12.8. The molecule has 0 amide bonds. The highest BCUT2D eigenvalue weighted by molar-refractivity contribution is 6.16. The van der Waals surface area contributed by atoms with E-state index >= 15 is 0 Å². The van der Waals surface area contributed by atoms with Crippen molar-refractivity contribution in [3.05, 3.63) is 283 Å². The number of rotatable bonds is 8. The van der Waals surface area contributed by atoms with Gasteiger partial charge in [-0.1, -0.05) is 233 Å². The van der Waals surface area contributed by atoms with Crippen molar-refractivity contribution in [1.82, 2.24) is 0 Å². The molecule has 2 nitrogen and oxygen atoms in total. The maximum atomic E-state index is 6.49. The van der Waals surface area contributed by atoms with Gasteiger partial charge in [-0.15, -0.1) is 0 Å². The zero-order chi connectivity index (χ0) is 47.7. The minimum Gasteiger partial charge on any atom is -0.456 e. The summed E-state index contributed by atoms with van der Waals surface area (Å²) in [7, 11) is 0. The van der Waals surface area contributed by atoms with E-state index in [-0.39, 0.29) is 5.41 Å². The van der Waals surface area contributed by atoms with Gasteiger partial charge >= 0.3 is 0 Å². The van der Waals surface area contributed by atoms with Crippen LogP contribution in [0.1, 0.15) is 48.6 Å². The molecule has 1 heterocycles. The SMILES string of the molecule is CC(C)(C)c1ccc(-c2ccc(N(c3ccc4c(c3)-c3ccccc3C4(c3ccccc3)c3ccccc3)c3ccc4ccccc4c3-c3ccccc3-c3cccc4oc5ccccc5c34)cc2)cc1. The van der Waals surface area contributed by atoms with Gasteiger partial charge in [0, 0.05) is 27.7 Å². The van der Waals surface area contributed by atoms with Crippen LogP contribution in [0.3, 0.4) is 0 Å². The van der Waals surface area contributed by atoms with Gasteiger partial charge in [0.15, 0.2) is 0 Å². The highest BCUT2D eigenvalue weighted by Gasteiger charge is 2.46. The molecule has 0 atom stereocenters. The number of furan rings is 1. The first-order chi connectivity index (χ1) is 34.9. The molecule has 12 aromatic rings. The fourth-order valence-electron chi connectivity index (χ4n) is 11.6. The van der Waals surface area contributed by atoms with Crippen LogP contribution in [0.4, 0.5) is 17.1 Å². The standard InChI is InChI=1S/C69H51NO/c1-68(2,3)49-38-33-46(34-39-49)47-35-40-52(41-36-47)70(53-42-43-62-60(45-53)56-26-14-16-30-61(56)69(62,50-20-6-4-7-21-50)51-22-8-5-9-23-51)63-44-37-48-19-10-11-24-54(48)66(63)57-27-13-12-25-55(57)58-29-18-32-65-67(58)59-28-15-17-31-64(59)71-65/h4-45H,1-3H3. The molecule has 2 heteroatoms. The second-order valence-corrected chi connectivity index (χ2v) is 20.0. The third-order valence-corrected chi connectivity index (χ3v) is 14.9. The minimum atomic E-state index is -0.507. The Morgan fingerprint density at radius 1 is 0.380 bits per heavy atom. The lowest BCUT2D eigenvalue weighted by molar-refractivity contribution is 0.590. The average molecular weight is 910 g/mol. The fraction of sp³-hybridized carbons (Fsp3) is 0.0725. The monoisotopic (exact) mass is 909 g/mol. The molecule has 0 spiro atoms. The van der Waals surface area contributed by atoms with Crippen LogP contribution >= 0.6 is 0 Å². The van der Waals surface area contributed by atoms with Gasteiger partial charge in [-0.2, -0.15) is 0 Å². The van der Waals surface area contributed by atoms with Gasteiger partial charge in [0.05, 0.1) is 11.1 Å². The highest BCUT2D eigenvalue weighted by Crippen LogP contribution is 2.58.